The summed E-state index contributed by atoms with van der Waals surface area (Å²) < 4.78 is 19.8. The van der Waals surface area contributed by atoms with Crippen LogP contribution in [0.5, 0.6) is 11.5 Å². The number of benzene rings is 2. The fraction of sp³-hybridized carbons (Fsp3) is 0.316. The summed E-state index contributed by atoms with van der Waals surface area (Å²) in [7, 11) is 0. The van der Waals surface area contributed by atoms with Crippen LogP contribution in [0.2, 0.25) is 0 Å². The lowest BCUT2D eigenvalue weighted by molar-refractivity contribution is -0.125. The molecule has 3 atom stereocenters. The van der Waals surface area contributed by atoms with Crippen LogP contribution in [-0.4, -0.2) is 11.9 Å². The smallest absolute Gasteiger partial charge is 0.224 e. The quantitative estimate of drug-likeness (QED) is 0.847. The molecule has 0 saturated heterocycles. The molecule has 128 valence electrons. The van der Waals surface area contributed by atoms with E-state index in [0.29, 0.717) is 11.3 Å². The van der Waals surface area contributed by atoms with E-state index in [-0.39, 0.29) is 29.7 Å². The second-order valence-corrected chi connectivity index (χ2v) is 5.98. The zero-order chi connectivity index (χ0) is 17.7. The summed E-state index contributed by atoms with van der Waals surface area (Å²) in [5, 5.41) is 2.85. The van der Waals surface area contributed by atoms with E-state index in [1.54, 1.807) is 45.0 Å². The Hall–Kier alpha value is -2.40. The highest BCUT2D eigenvalue weighted by Gasteiger charge is 2.20. The van der Waals surface area contributed by atoms with Crippen LogP contribution >= 0.6 is 0 Å². The topological polar surface area (TPSA) is 64.4 Å². The maximum absolute atomic E-state index is 14.3. The molecule has 24 heavy (non-hydrogen) atoms. The predicted molar refractivity (Wildman–Crippen MR) is 92.3 cm³/mol. The second-order valence-electron chi connectivity index (χ2n) is 5.98. The molecule has 0 aliphatic heterocycles. The number of para-hydroxylation sites is 1. The lowest BCUT2D eigenvalue weighted by atomic mass is 10.0. The molecule has 0 bridgehead atoms. The summed E-state index contributed by atoms with van der Waals surface area (Å²) in [6, 6.07) is 13.1. The summed E-state index contributed by atoms with van der Waals surface area (Å²) >= 11 is 0. The molecule has 3 N–H and O–H groups in total. The number of rotatable bonds is 6. The molecule has 3 unspecified atom stereocenters. The van der Waals surface area contributed by atoms with Crippen LogP contribution in [0.1, 0.15) is 32.4 Å². The van der Waals surface area contributed by atoms with E-state index in [2.05, 4.69) is 5.32 Å². The molecule has 4 nitrogen and oxygen atoms in total. The molecular weight excluding hydrogens is 307 g/mol. The van der Waals surface area contributed by atoms with Crippen LogP contribution in [0.15, 0.2) is 48.5 Å². The zero-order valence-electron chi connectivity index (χ0n) is 14.1. The van der Waals surface area contributed by atoms with Crippen LogP contribution in [-0.2, 0) is 4.79 Å². The highest BCUT2D eigenvalue weighted by molar-refractivity contribution is 5.79. The maximum atomic E-state index is 14.3. The second kappa shape index (κ2) is 7.93. The standard InChI is InChI=1S/C19H23FN2O2/c1-12(13(2)21)19(23)22-14(3)15-9-10-18(17(20)11-15)24-16-7-5-4-6-8-16/h4-14H,21H2,1-3H3,(H,22,23). The number of carbonyl (C=O) groups excluding carboxylic acids is 1. The van der Waals surface area contributed by atoms with Crippen molar-refractivity contribution in [2.75, 3.05) is 0 Å². The van der Waals surface area contributed by atoms with Gasteiger partial charge in [-0.3, -0.25) is 4.79 Å². The van der Waals surface area contributed by atoms with Gasteiger partial charge in [0, 0.05) is 12.0 Å². The number of nitrogens with one attached hydrogen (secondary N) is 1. The van der Waals surface area contributed by atoms with Gasteiger partial charge in [-0.25, -0.2) is 4.39 Å². The van der Waals surface area contributed by atoms with Crippen molar-refractivity contribution in [1.29, 1.82) is 0 Å². The first kappa shape index (κ1) is 17.9. The molecule has 2 rings (SSSR count). The van der Waals surface area contributed by atoms with Gasteiger partial charge in [-0.1, -0.05) is 31.2 Å². The van der Waals surface area contributed by atoms with E-state index < -0.39 is 5.82 Å². The third-order valence-electron chi connectivity index (χ3n) is 3.99. The van der Waals surface area contributed by atoms with Crippen molar-refractivity contribution in [2.24, 2.45) is 11.7 Å². The number of carbonyl (C=O) groups is 1. The third kappa shape index (κ3) is 4.55. The first-order chi connectivity index (χ1) is 11.4. The minimum atomic E-state index is -0.474. The molecule has 1 amide bonds. The Balaban J connectivity index is 2.07. The lowest BCUT2D eigenvalue weighted by Crippen LogP contribution is -2.39. The highest BCUT2D eigenvalue weighted by atomic mass is 19.1. The maximum Gasteiger partial charge on any atom is 0.224 e. The molecule has 2 aromatic carbocycles. The number of amides is 1. The molecule has 0 heterocycles. The number of halogens is 1. The Bertz CT molecular complexity index is 689. The van der Waals surface area contributed by atoms with Gasteiger partial charge in [-0.2, -0.15) is 0 Å². The Labute approximate surface area is 141 Å². The van der Waals surface area contributed by atoms with Crippen LogP contribution in [0.4, 0.5) is 4.39 Å². The SMILES string of the molecule is CC(NC(=O)C(C)C(C)N)c1ccc(Oc2ccccc2)c(F)c1. The van der Waals surface area contributed by atoms with Gasteiger partial charge in [0.05, 0.1) is 6.04 Å². The summed E-state index contributed by atoms with van der Waals surface area (Å²) in [4.78, 5) is 12.1. The van der Waals surface area contributed by atoms with Crippen molar-refractivity contribution in [3.8, 4) is 11.5 Å². The van der Waals surface area contributed by atoms with Crippen molar-refractivity contribution in [2.45, 2.75) is 32.9 Å². The van der Waals surface area contributed by atoms with E-state index in [0.717, 1.165) is 0 Å². The van der Waals surface area contributed by atoms with E-state index in [1.165, 1.54) is 6.07 Å². The van der Waals surface area contributed by atoms with E-state index in [1.807, 2.05) is 18.2 Å². The third-order valence-corrected chi connectivity index (χ3v) is 3.99. The number of ether oxygens (including phenoxy) is 1. The van der Waals surface area contributed by atoms with Gasteiger partial charge in [0.25, 0.3) is 0 Å². The van der Waals surface area contributed by atoms with Gasteiger partial charge in [-0.05, 0) is 43.7 Å². The Kier molecular flexibility index (Phi) is 5.93. The molecule has 2 aromatic rings. The van der Waals surface area contributed by atoms with Crippen molar-refractivity contribution in [3.05, 3.63) is 59.9 Å². The van der Waals surface area contributed by atoms with Gasteiger partial charge in [0.2, 0.25) is 5.91 Å². The largest absolute Gasteiger partial charge is 0.454 e. The van der Waals surface area contributed by atoms with E-state index >= 15 is 0 Å². The van der Waals surface area contributed by atoms with Gasteiger partial charge < -0.3 is 15.8 Å². The molecule has 0 spiro atoms. The average Bonchev–Trinajstić information content (AvgIpc) is 2.56. The monoisotopic (exact) mass is 330 g/mol. The van der Waals surface area contributed by atoms with Gasteiger partial charge >= 0.3 is 0 Å². The lowest BCUT2D eigenvalue weighted by Gasteiger charge is -2.20. The summed E-state index contributed by atoms with van der Waals surface area (Å²) in [5.74, 6) is -0.220. The number of hydrogen-bond donors (Lipinski definition) is 2. The molecule has 0 saturated carbocycles. The molecule has 5 heteroatoms. The fourth-order valence-electron chi connectivity index (χ4n) is 2.15. The van der Waals surface area contributed by atoms with Crippen molar-refractivity contribution in [1.82, 2.24) is 5.32 Å². The zero-order valence-corrected chi connectivity index (χ0v) is 14.1. The van der Waals surface area contributed by atoms with Gasteiger partial charge in [0.15, 0.2) is 11.6 Å². The Morgan fingerprint density at radius 1 is 1.12 bits per heavy atom. The normalized spacial score (nSPS) is 14.5. The number of nitrogens with two attached hydrogens (primary N) is 1. The summed E-state index contributed by atoms with van der Waals surface area (Å²) in [6.45, 7) is 5.35. The molecule has 0 aliphatic rings. The van der Waals surface area contributed by atoms with Crippen LogP contribution in [0.25, 0.3) is 0 Å². The molecule has 0 aliphatic carbocycles. The first-order valence-electron chi connectivity index (χ1n) is 7.96. The minimum absolute atomic E-state index is 0.146. The molecular formula is C19H23FN2O2. The highest BCUT2D eigenvalue weighted by Crippen LogP contribution is 2.26. The number of hydrogen-bond acceptors (Lipinski definition) is 3. The van der Waals surface area contributed by atoms with Crippen LogP contribution in [0, 0.1) is 11.7 Å². The average molecular weight is 330 g/mol. The molecule has 0 fully saturated rings. The Morgan fingerprint density at radius 3 is 2.38 bits per heavy atom. The summed E-state index contributed by atoms with van der Waals surface area (Å²) in [6.07, 6.45) is 0. The van der Waals surface area contributed by atoms with Crippen LogP contribution in [0.3, 0.4) is 0 Å². The van der Waals surface area contributed by atoms with E-state index in [9.17, 15) is 9.18 Å². The van der Waals surface area contributed by atoms with E-state index in [4.69, 9.17) is 10.5 Å². The van der Waals surface area contributed by atoms with Gasteiger partial charge in [-0.15, -0.1) is 0 Å². The van der Waals surface area contributed by atoms with Gasteiger partial charge in [0.1, 0.15) is 5.75 Å². The fourth-order valence-corrected chi connectivity index (χ4v) is 2.15. The van der Waals surface area contributed by atoms with Crippen molar-refractivity contribution < 1.29 is 13.9 Å². The molecule has 0 aromatic heterocycles. The van der Waals surface area contributed by atoms with Crippen molar-refractivity contribution in [3.63, 3.8) is 0 Å². The summed E-state index contributed by atoms with van der Waals surface area (Å²) in [5.41, 5.74) is 6.40. The minimum Gasteiger partial charge on any atom is -0.454 e. The first-order valence-corrected chi connectivity index (χ1v) is 7.96. The van der Waals surface area contributed by atoms with Crippen LogP contribution < -0.4 is 15.8 Å². The molecule has 0 radical (unpaired) electrons. The van der Waals surface area contributed by atoms with Crippen molar-refractivity contribution >= 4 is 5.91 Å². The Morgan fingerprint density at radius 2 is 1.79 bits per heavy atom. The predicted octanol–water partition coefficient (Wildman–Crippen LogP) is 3.78.